The fourth-order valence-corrected chi connectivity index (χ4v) is 4.07. The van der Waals surface area contributed by atoms with Gasteiger partial charge in [-0.2, -0.15) is 0 Å². The topological polar surface area (TPSA) is 140 Å². The number of primary amides is 1. The van der Waals surface area contributed by atoms with Gasteiger partial charge in [-0.25, -0.2) is 4.79 Å². The Morgan fingerprint density at radius 3 is 2.28 bits per heavy atom. The van der Waals surface area contributed by atoms with E-state index >= 15 is 0 Å². The number of terminal acetylenes is 1. The number of nitrogens with two attached hydrogens (primary N) is 1. The normalized spacial score (nSPS) is 14.2. The number of hydrogen-bond donors (Lipinski definition) is 3. The Kier molecular flexibility index (Phi) is 9.20. The lowest BCUT2D eigenvalue weighted by atomic mass is 9.97. The second-order valence-electron chi connectivity index (χ2n) is 10.2. The summed E-state index contributed by atoms with van der Waals surface area (Å²) in [5, 5.41) is 5.32. The molecule has 1 aliphatic carbocycles. The van der Waals surface area contributed by atoms with Gasteiger partial charge in [-0.1, -0.05) is 24.1 Å². The van der Waals surface area contributed by atoms with E-state index in [1.165, 1.54) is 12.0 Å². The maximum atomic E-state index is 14.0. The molecule has 2 aromatic rings. The molecule has 10 heteroatoms. The van der Waals surface area contributed by atoms with Crippen molar-refractivity contribution in [1.29, 1.82) is 0 Å². The zero-order valence-electron chi connectivity index (χ0n) is 22.5. The van der Waals surface area contributed by atoms with E-state index in [0.29, 0.717) is 35.4 Å². The van der Waals surface area contributed by atoms with Crippen LogP contribution in [0, 0.1) is 12.3 Å². The van der Waals surface area contributed by atoms with Crippen molar-refractivity contribution in [2.24, 2.45) is 5.73 Å². The van der Waals surface area contributed by atoms with Crippen LogP contribution in [-0.2, 0) is 19.1 Å². The summed E-state index contributed by atoms with van der Waals surface area (Å²) < 4.78 is 10.5. The molecule has 3 rings (SSSR count). The first-order valence-corrected chi connectivity index (χ1v) is 12.5. The van der Waals surface area contributed by atoms with Crippen molar-refractivity contribution in [3.8, 4) is 18.1 Å². The average molecular weight is 535 g/mol. The second kappa shape index (κ2) is 12.3. The fourth-order valence-electron chi connectivity index (χ4n) is 4.07. The van der Waals surface area contributed by atoms with Crippen LogP contribution in [0.3, 0.4) is 0 Å². The fraction of sp³-hybridized carbons (Fsp3) is 0.379. The Labute approximate surface area is 228 Å². The molecule has 0 aliphatic heterocycles. The molecule has 4 N–H and O–H groups in total. The van der Waals surface area contributed by atoms with Gasteiger partial charge < -0.3 is 30.7 Å². The molecular formula is C29H34N4O6. The van der Waals surface area contributed by atoms with Gasteiger partial charge in [0.25, 0.3) is 5.91 Å². The van der Waals surface area contributed by atoms with Crippen LogP contribution < -0.4 is 21.1 Å². The van der Waals surface area contributed by atoms with E-state index in [1.807, 2.05) is 0 Å². The summed E-state index contributed by atoms with van der Waals surface area (Å²) >= 11 is 0. The molecule has 2 aromatic carbocycles. The molecule has 0 bridgehead atoms. The molecule has 2 atom stereocenters. The number of nitrogens with zero attached hydrogens (tertiary/aromatic N) is 1. The van der Waals surface area contributed by atoms with Crippen molar-refractivity contribution in [2.75, 3.05) is 12.4 Å². The van der Waals surface area contributed by atoms with Crippen molar-refractivity contribution < 1.29 is 28.7 Å². The minimum Gasteiger partial charge on any atom is -0.497 e. The summed E-state index contributed by atoms with van der Waals surface area (Å²) in [7, 11) is 1.54. The molecule has 0 heterocycles. The SMILES string of the molecule is C#Cc1ccccc1C(C(=O)Nc1ccc(OC)cc1)N(C(=O)C(CC(N)=O)NC(=O)OC(C)(C)C)C1CC1. The number of amides is 4. The summed E-state index contributed by atoms with van der Waals surface area (Å²) in [5.74, 6) is 1.23. The van der Waals surface area contributed by atoms with Gasteiger partial charge in [-0.05, 0) is 69.5 Å². The van der Waals surface area contributed by atoms with E-state index in [4.69, 9.17) is 21.6 Å². The van der Waals surface area contributed by atoms with Gasteiger partial charge in [0.05, 0.1) is 13.5 Å². The molecule has 1 aliphatic rings. The van der Waals surface area contributed by atoms with Crippen LogP contribution in [0.25, 0.3) is 0 Å². The zero-order valence-corrected chi connectivity index (χ0v) is 22.5. The predicted molar refractivity (Wildman–Crippen MR) is 146 cm³/mol. The zero-order chi connectivity index (χ0) is 28.7. The van der Waals surface area contributed by atoms with Gasteiger partial charge in [0.15, 0.2) is 0 Å². The lowest BCUT2D eigenvalue weighted by Crippen LogP contribution is -2.54. The molecule has 0 spiro atoms. The Balaban J connectivity index is 2.02. The van der Waals surface area contributed by atoms with Gasteiger partial charge in [-0.3, -0.25) is 14.4 Å². The molecule has 1 saturated carbocycles. The molecule has 0 saturated heterocycles. The van der Waals surface area contributed by atoms with Gasteiger partial charge in [-0.15, -0.1) is 6.42 Å². The van der Waals surface area contributed by atoms with Gasteiger partial charge in [0, 0.05) is 17.3 Å². The number of benzene rings is 2. The summed E-state index contributed by atoms with van der Waals surface area (Å²) in [5.41, 5.74) is 5.93. The maximum Gasteiger partial charge on any atom is 0.408 e. The number of ether oxygens (including phenoxy) is 2. The van der Waals surface area contributed by atoms with Crippen molar-refractivity contribution >= 4 is 29.5 Å². The Hall–Kier alpha value is -4.52. The van der Waals surface area contributed by atoms with Crippen molar-refractivity contribution in [3.63, 3.8) is 0 Å². The molecule has 4 amide bonds. The highest BCUT2D eigenvalue weighted by molar-refractivity contribution is 6.00. The second-order valence-corrected chi connectivity index (χ2v) is 10.2. The Bertz CT molecular complexity index is 1260. The molecule has 0 radical (unpaired) electrons. The quantitative estimate of drug-likeness (QED) is 0.400. The first kappa shape index (κ1) is 29.0. The number of carbonyl (C=O) groups is 4. The third kappa shape index (κ3) is 7.98. The third-order valence-corrected chi connectivity index (χ3v) is 5.88. The summed E-state index contributed by atoms with van der Waals surface area (Å²) in [6.07, 6.45) is 5.65. The van der Waals surface area contributed by atoms with Crippen LogP contribution in [0.1, 0.15) is 57.2 Å². The van der Waals surface area contributed by atoms with Crippen LogP contribution in [0.5, 0.6) is 5.75 Å². The molecule has 10 nitrogen and oxygen atoms in total. The van der Waals surface area contributed by atoms with E-state index in [2.05, 4.69) is 16.6 Å². The summed E-state index contributed by atoms with van der Waals surface area (Å²) in [6.45, 7) is 5.01. The van der Waals surface area contributed by atoms with Crippen LogP contribution >= 0.6 is 0 Å². The molecular weight excluding hydrogens is 500 g/mol. The average Bonchev–Trinajstić information content (AvgIpc) is 3.70. The van der Waals surface area contributed by atoms with Gasteiger partial charge in [0.1, 0.15) is 23.4 Å². The first-order chi connectivity index (χ1) is 18.4. The van der Waals surface area contributed by atoms with Crippen LogP contribution in [0.2, 0.25) is 0 Å². The van der Waals surface area contributed by atoms with Gasteiger partial charge in [0.2, 0.25) is 11.8 Å². The highest BCUT2D eigenvalue weighted by Crippen LogP contribution is 2.37. The van der Waals surface area contributed by atoms with Crippen LogP contribution in [-0.4, -0.2) is 53.5 Å². The highest BCUT2D eigenvalue weighted by atomic mass is 16.6. The van der Waals surface area contributed by atoms with E-state index in [9.17, 15) is 19.2 Å². The largest absolute Gasteiger partial charge is 0.497 e. The van der Waals surface area contributed by atoms with Crippen LogP contribution in [0.4, 0.5) is 10.5 Å². The summed E-state index contributed by atoms with van der Waals surface area (Å²) in [6, 6.07) is 10.7. The monoisotopic (exact) mass is 534 g/mol. The number of methoxy groups -OCH3 is 1. The number of carbonyl (C=O) groups excluding carboxylic acids is 4. The molecule has 2 unspecified atom stereocenters. The summed E-state index contributed by atoms with van der Waals surface area (Å²) in [4.78, 5) is 53.7. The van der Waals surface area contributed by atoms with Crippen molar-refractivity contribution in [2.45, 2.75) is 63.8 Å². The molecule has 206 valence electrons. The highest BCUT2D eigenvalue weighted by Gasteiger charge is 2.45. The van der Waals surface area contributed by atoms with E-state index in [-0.39, 0.29) is 6.04 Å². The Morgan fingerprint density at radius 2 is 1.74 bits per heavy atom. The molecule has 1 fully saturated rings. The molecule has 0 aromatic heterocycles. The lowest BCUT2D eigenvalue weighted by molar-refractivity contribution is -0.142. The maximum absolute atomic E-state index is 14.0. The number of alkyl carbamates (subject to hydrolysis) is 1. The minimum absolute atomic E-state index is 0.314. The Morgan fingerprint density at radius 1 is 1.10 bits per heavy atom. The minimum atomic E-state index is -1.35. The van der Waals surface area contributed by atoms with E-state index < -0.39 is 47.9 Å². The third-order valence-electron chi connectivity index (χ3n) is 5.88. The van der Waals surface area contributed by atoms with E-state index in [0.717, 1.165) is 0 Å². The number of rotatable bonds is 10. The van der Waals surface area contributed by atoms with Crippen molar-refractivity contribution in [1.82, 2.24) is 10.2 Å². The molecule has 39 heavy (non-hydrogen) atoms. The standard InChI is InChI=1S/C29H34N4O6/c1-6-18-9-7-8-10-22(18)25(26(35)31-19-11-15-21(38-5)16-12-19)33(20-13-14-20)27(36)23(17-24(30)34)32-28(37)39-29(2,3)4/h1,7-12,15-16,20,23,25H,13-14,17H2,2-5H3,(H2,30,34)(H,31,35)(H,32,37). The lowest BCUT2D eigenvalue weighted by Gasteiger charge is -2.35. The smallest absolute Gasteiger partial charge is 0.408 e. The number of nitrogens with one attached hydrogen (secondary N) is 2. The van der Waals surface area contributed by atoms with Gasteiger partial charge >= 0.3 is 6.09 Å². The predicted octanol–water partition coefficient (Wildman–Crippen LogP) is 3.12. The van der Waals surface area contributed by atoms with Crippen LogP contribution in [0.15, 0.2) is 48.5 Å². The van der Waals surface area contributed by atoms with E-state index in [1.54, 1.807) is 69.3 Å². The first-order valence-electron chi connectivity index (χ1n) is 12.5. The number of hydrogen-bond acceptors (Lipinski definition) is 6. The number of anilines is 1. The van der Waals surface area contributed by atoms with Crippen molar-refractivity contribution in [3.05, 3.63) is 59.7 Å².